The molecular formula is C11H17N3O3. The average Bonchev–Trinajstić information content (AvgIpc) is 2.28. The van der Waals surface area contributed by atoms with Crippen molar-refractivity contribution in [2.24, 2.45) is 0 Å². The van der Waals surface area contributed by atoms with Crippen molar-refractivity contribution in [1.29, 1.82) is 0 Å². The molecule has 0 spiro atoms. The molecular weight excluding hydrogens is 222 g/mol. The Balaban J connectivity index is 2.62. The second-order valence-corrected chi connectivity index (χ2v) is 3.49. The van der Waals surface area contributed by atoms with Crippen LogP contribution in [0.5, 0.6) is 0 Å². The molecule has 0 aliphatic rings. The quantitative estimate of drug-likeness (QED) is 0.547. The van der Waals surface area contributed by atoms with Gasteiger partial charge in [0.2, 0.25) is 0 Å². The molecule has 0 unspecified atom stereocenters. The topological polar surface area (TPSA) is 98.8 Å². The number of rotatable bonds is 5. The van der Waals surface area contributed by atoms with E-state index in [1.54, 1.807) is 24.3 Å². The second kappa shape index (κ2) is 6.72. The van der Waals surface area contributed by atoms with Gasteiger partial charge in [-0.2, -0.15) is 0 Å². The Morgan fingerprint density at radius 1 is 1.29 bits per heavy atom. The van der Waals surface area contributed by atoms with Gasteiger partial charge in [0, 0.05) is 24.5 Å². The zero-order valence-electron chi connectivity index (χ0n) is 9.47. The first kappa shape index (κ1) is 13.3. The lowest BCUT2D eigenvalue weighted by Crippen LogP contribution is -2.38. The Kier molecular flexibility index (Phi) is 5.25. The van der Waals surface area contributed by atoms with Crippen molar-refractivity contribution in [3.05, 3.63) is 24.3 Å². The predicted molar refractivity (Wildman–Crippen MR) is 65.6 cm³/mol. The van der Waals surface area contributed by atoms with Crippen LogP contribution in [0, 0.1) is 0 Å². The van der Waals surface area contributed by atoms with Crippen LogP contribution in [0.1, 0.15) is 0 Å². The number of aliphatic hydroxyl groups excluding tert-OH is 2. The zero-order valence-corrected chi connectivity index (χ0v) is 9.47. The summed E-state index contributed by atoms with van der Waals surface area (Å²) in [6, 6.07) is 6.42. The fraction of sp³-hybridized carbons (Fsp3) is 0.364. The van der Waals surface area contributed by atoms with Gasteiger partial charge in [-0.1, -0.05) is 6.07 Å². The van der Waals surface area contributed by atoms with Crippen LogP contribution in [0.15, 0.2) is 24.3 Å². The van der Waals surface area contributed by atoms with Crippen molar-refractivity contribution < 1.29 is 15.0 Å². The van der Waals surface area contributed by atoms with E-state index in [-0.39, 0.29) is 32.3 Å². The van der Waals surface area contributed by atoms with Crippen LogP contribution >= 0.6 is 0 Å². The number of amides is 2. The van der Waals surface area contributed by atoms with Crippen LogP contribution < -0.4 is 11.1 Å². The summed E-state index contributed by atoms with van der Waals surface area (Å²) in [6.07, 6.45) is 0. The van der Waals surface area contributed by atoms with Crippen LogP contribution in [-0.4, -0.2) is 47.4 Å². The van der Waals surface area contributed by atoms with E-state index < -0.39 is 0 Å². The first-order chi connectivity index (χ1) is 8.17. The lowest BCUT2D eigenvalue weighted by molar-refractivity contribution is 0.167. The molecule has 0 saturated heterocycles. The Morgan fingerprint density at radius 2 is 1.94 bits per heavy atom. The van der Waals surface area contributed by atoms with Crippen molar-refractivity contribution in [3.8, 4) is 0 Å². The molecule has 0 radical (unpaired) electrons. The van der Waals surface area contributed by atoms with Crippen molar-refractivity contribution >= 4 is 17.4 Å². The van der Waals surface area contributed by atoms with Gasteiger partial charge in [0.15, 0.2) is 0 Å². The summed E-state index contributed by atoms with van der Waals surface area (Å²) in [6.45, 7) is 0.0537. The molecule has 0 aliphatic heterocycles. The number of carbonyl (C=O) groups is 1. The minimum atomic E-state index is -0.376. The minimum absolute atomic E-state index is 0.148. The summed E-state index contributed by atoms with van der Waals surface area (Å²) in [5.41, 5.74) is 6.72. The van der Waals surface area contributed by atoms with Gasteiger partial charge in [0.05, 0.1) is 13.2 Å². The number of hydrogen-bond donors (Lipinski definition) is 4. The van der Waals surface area contributed by atoms with Crippen LogP contribution in [0.25, 0.3) is 0 Å². The van der Waals surface area contributed by atoms with E-state index in [1.807, 2.05) is 0 Å². The molecule has 2 amide bonds. The molecule has 1 rings (SSSR count). The van der Waals surface area contributed by atoms with Crippen molar-refractivity contribution in [2.75, 3.05) is 37.4 Å². The first-order valence-corrected chi connectivity index (χ1v) is 5.30. The molecule has 0 aromatic heterocycles. The SMILES string of the molecule is Nc1cccc(NC(=O)N(CCO)CCO)c1. The first-order valence-electron chi connectivity index (χ1n) is 5.30. The van der Waals surface area contributed by atoms with Crippen molar-refractivity contribution in [2.45, 2.75) is 0 Å². The fourth-order valence-electron chi connectivity index (χ4n) is 1.38. The summed E-state index contributed by atoms with van der Waals surface area (Å²) in [7, 11) is 0. The summed E-state index contributed by atoms with van der Waals surface area (Å²) >= 11 is 0. The fourth-order valence-corrected chi connectivity index (χ4v) is 1.38. The van der Waals surface area contributed by atoms with Gasteiger partial charge in [0.1, 0.15) is 0 Å². The van der Waals surface area contributed by atoms with E-state index in [0.29, 0.717) is 11.4 Å². The monoisotopic (exact) mass is 239 g/mol. The number of nitrogens with one attached hydrogen (secondary N) is 1. The smallest absolute Gasteiger partial charge is 0.322 e. The maximum absolute atomic E-state index is 11.8. The molecule has 1 aromatic carbocycles. The number of aliphatic hydroxyl groups is 2. The van der Waals surface area contributed by atoms with E-state index in [9.17, 15) is 4.79 Å². The lowest BCUT2D eigenvalue weighted by atomic mass is 10.3. The zero-order chi connectivity index (χ0) is 12.7. The second-order valence-electron chi connectivity index (χ2n) is 3.49. The molecule has 0 saturated carbocycles. The van der Waals surface area contributed by atoms with Gasteiger partial charge in [0.25, 0.3) is 0 Å². The number of urea groups is 1. The largest absolute Gasteiger partial charge is 0.399 e. The summed E-state index contributed by atoms with van der Waals surface area (Å²) in [5, 5.41) is 20.2. The van der Waals surface area contributed by atoms with Gasteiger partial charge in [-0.25, -0.2) is 4.79 Å². The summed E-state index contributed by atoms with van der Waals surface area (Å²) in [4.78, 5) is 13.1. The third-order valence-corrected chi connectivity index (χ3v) is 2.16. The van der Waals surface area contributed by atoms with Gasteiger partial charge in [-0.15, -0.1) is 0 Å². The third kappa shape index (κ3) is 4.29. The number of hydrogen-bond acceptors (Lipinski definition) is 4. The number of anilines is 2. The molecule has 5 N–H and O–H groups in total. The Labute approximate surface area is 99.7 Å². The summed E-state index contributed by atoms with van der Waals surface area (Å²) < 4.78 is 0. The summed E-state index contributed by atoms with van der Waals surface area (Å²) in [5.74, 6) is 0. The molecule has 0 heterocycles. The van der Waals surface area contributed by atoms with E-state index in [4.69, 9.17) is 15.9 Å². The van der Waals surface area contributed by atoms with E-state index in [0.717, 1.165) is 0 Å². The third-order valence-electron chi connectivity index (χ3n) is 2.16. The van der Waals surface area contributed by atoms with Crippen LogP contribution in [0.3, 0.4) is 0 Å². The molecule has 6 nitrogen and oxygen atoms in total. The molecule has 0 bridgehead atoms. The standard InChI is InChI=1S/C11H17N3O3/c12-9-2-1-3-10(8-9)13-11(17)14(4-6-15)5-7-16/h1-3,8,15-16H,4-7,12H2,(H,13,17). The Hall–Kier alpha value is -1.79. The maximum atomic E-state index is 11.8. The number of carbonyl (C=O) groups excluding carboxylic acids is 1. The molecule has 0 atom stereocenters. The van der Waals surface area contributed by atoms with Gasteiger partial charge < -0.3 is 26.2 Å². The molecule has 0 fully saturated rings. The van der Waals surface area contributed by atoms with Gasteiger partial charge >= 0.3 is 6.03 Å². The van der Waals surface area contributed by atoms with Crippen molar-refractivity contribution in [3.63, 3.8) is 0 Å². The highest BCUT2D eigenvalue weighted by Crippen LogP contribution is 2.12. The van der Waals surface area contributed by atoms with Crippen LogP contribution in [0.4, 0.5) is 16.2 Å². The number of nitrogens with zero attached hydrogens (tertiary/aromatic N) is 1. The maximum Gasteiger partial charge on any atom is 0.322 e. The van der Waals surface area contributed by atoms with Crippen LogP contribution in [0.2, 0.25) is 0 Å². The Morgan fingerprint density at radius 3 is 2.47 bits per heavy atom. The minimum Gasteiger partial charge on any atom is -0.399 e. The highest BCUT2D eigenvalue weighted by atomic mass is 16.3. The number of nitrogens with two attached hydrogens (primary N) is 1. The molecule has 0 aliphatic carbocycles. The molecule has 94 valence electrons. The van der Waals surface area contributed by atoms with E-state index in [1.165, 1.54) is 4.90 Å². The highest BCUT2D eigenvalue weighted by molar-refractivity contribution is 5.89. The average molecular weight is 239 g/mol. The predicted octanol–water partition coefficient (Wildman–Crippen LogP) is 0.0873. The van der Waals surface area contributed by atoms with Crippen LogP contribution in [-0.2, 0) is 0 Å². The highest BCUT2D eigenvalue weighted by Gasteiger charge is 2.12. The molecule has 17 heavy (non-hydrogen) atoms. The van der Waals surface area contributed by atoms with E-state index in [2.05, 4.69) is 5.32 Å². The van der Waals surface area contributed by atoms with Crippen molar-refractivity contribution in [1.82, 2.24) is 4.90 Å². The van der Waals surface area contributed by atoms with Gasteiger partial charge in [-0.05, 0) is 18.2 Å². The van der Waals surface area contributed by atoms with E-state index >= 15 is 0 Å². The van der Waals surface area contributed by atoms with Gasteiger partial charge in [-0.3, -0.25) is 0 Å². The number of nitrogen functional groups attached to an aromatic ring is 1. The molecule has 1 aromatic rings. The lowest BCUT2D eigenvalue weighted by Gasteiger charge is -2.21. The Bertz CT molecular complexity index is 365. The number of benzene rings is 1. The molecule has 6 heteroatoms. The normalized spacial score (nSPS) is 10.0.